The molecule has 0 aliphatic rings. The molecular weight excluding hydrogens is 250 g/mol. The molecule has 0 fully saturated rings. The lowest BCUT2D eigenvalue weighted by atomic mass is 10.2. The zero-order valence-electron chi connectivity index (χ0n) is 9.65. The Labute approximate surface area is 107 Å². The van der Waals surface area contributed by atoms with Crippen molar-refractivity contribution in [2.24, 2.45) is 27.2 Å². The van der Waals surface area contributed by atoms with Crippen molar-refractivity contribution < 1.29 is 5.11 Å². The minimum absolute atomic E-state index is 0.0824. The molecule has 0 spiro atoms. The zero-order valence-corrected chi connectivity index (χ0v) is 9.65. The van der Waals surface area contributed by atoms with Gasteiger partial charge in [0.15, 0.2) is 5.96 Å². The van der Waals surface area contributed by atoms with Crippen molar-refractivity contribution >= 4 is 17.6 Å². The average Bonchev–Trinajstić information content (AvgIpc) is 2.84. The first kappa shape index (κ1) is 12.3. The Hall–Kier alpha value is -3.17. The first-order valence-electron chi connectivity index (χ1n) is 5.07. The summed E-state index contributed by atoms with van der Waals surface area (Å²) in [7, 11) is 0. The topological polar surface area (TPSA) is 177 Å². The van der Waals surface area contributed by atoms with Crippen LogP contribution in [0.1, 0.15) is 0 Å². The number of benzene rings is 1. The van der Waals surface area contributed by atoms with Crippen LogP contribution in [0.4, 0.5) is 5.69 Å². The number of tetrazole rings is 1. The molecule has 0 amide bonds. The summed E-state index contributed by atoms with van der Waals surface area (Å²) in [5.74, 6) is -0.131. The van der Waals surface area contributed by atoms with Crippen LogP contribution in [0.2, 0.25) is 0 Å². The Morgan fingerprint density at radius 3 is 2.68 bits per heavy atom. The van der Waals surface area contributed by atoms with E-state index in [0.29, 0.717) is 11.4 Å². The Balaban J connectivity index is 2.41. The molecule has 10 nitrogen and oxygen atoms in total. The Morgan fingerprint density at radius 1 is 1.26 bits per heavy atom. The van der Waals surface area contributed by atoms with Gasteiger partial charge in [0.1, 0.15) is 11.4 Å². The van der Waals surface area contributed by atoms with E-state index in [0.717, 1.165) is 0 Å². The van der Waals surface area contributed by atoms with Crippen molar-refractivity contribution in [3.63, 3.8) is 0 Å². The molecule has 0 unspecified atom stereocenters. The molecule has 8 N–H and O–H groups in total. The van der Waals surface area contributed by atoms with Gasteiger partial charge < -0.3 is 22.3 Å². The van der Waals surface area contributed by atoms with Gasteiger partial charge in [-0.2, -0.15) is 10.2 Å². The van der Waals surface area contributed by atoms with E-state index in [-0.39, 0.29) is 23.4 Å². The van der Waals surface area contributed by atoms with E-state index in [4.69, 9.17) is 17.2 Å². The van der Waals surface area contributed by atoms with Gasteiger partial charge in [0.25, 0.3) is 0 Å². The number of aromatic hydroxyl groups is 1. The van der Waals surface area contributed by atoms with Crippen LogP contribution in [-0.2, 0) is 0 Å². The number of hydrogen-bond acceptors (Lipinski definition) is 5. The van der Waals surface area contributed by atoms with Gasteiger partial charge in [0, 0.05) is 5.56 Å². The van der Waals surface area contributed by atoms with Gasteiger partial charge in [0.2, 0.25) is 11.8 Å². The molecule has 0 saturated carbocycles. The second-order valence-corrected chi connectivity index (χ2v) is 3.45. The average molecular weight is 261 g/mol. The summed E-state index contributed by atoms with van der Waals surface area (Å²) in [6.45, 7) is 0. The van der Waals surface area contributed by atoms with Gasteiger partial charge in [-0.3, -0.25) is 0 Å². The third-order valence-electron chi connectivity index (χ3n) is 2.06. The third kappa shape index (κ3) is 2.94. The van der Waals surface area contributed by atoms with E-state index in [2.05, 4.69) is 30.6 Å². The van der Waals surface area contributed by atoms with Gasteiger partial charge in [-0.05, 0) is 23.4 Å². The van der Waals surface area contributed by atoms with Crippen molar-refractivity contribution in [1.82, 2.24) is 20.6 Å². The quantitative estimate of drug-likeness (QED) is 0.332. The normalized spacial score (nSPS) is 11.3. The number of nitrogens with one attached hydrogen (secondary N) is 1. The van der Waals surface area contributed by atoms with Crippen LogP contribution in [0.15, 0.2) is 28.2 Å². The lowest BCUT2D eigenvalue weighted by molar-refractivity contribution is 0.477. The number of phenolic OH excluding ortho intramolecular Hbond substituents is 1. The molecule has 0 aliphatic heterocycles. The predicted octanol–water partition coefficient (Wildman–Crippen LogP) is -1.21. The maximum absolute atomic E-state index is 9.68. The molecule has 0 bridgehead atoms. The highest BCUT2D eigenvalue weighted by molar-refractivity contribution is 5.94. The van der Waals surface area contributed by atoms with Crippen LogP contribution in [-0.4, -0.2) is 37.6 Å². The molecule has 0 aliphatic carbocycles. The predicted molar refractivity (Wildman–Crippen MR) is 68.4 cm³/mol. The van der Waals surface area contributed by atoms with Crippen LogP contribution in [0.25, 0.3) is 11.4 Å². The molecule has 0 atom stereocenters. The molecular formula is C9H11N9O. The molecule has 10 heteroatoms. The number of rotatable bonds is 2. The fourth-order valence-corrected chi connectivity index (χ4v) is 1.32. The van der Waals surface area contributed by atoms with Crippen molar-refractivity contribution in [3.8, 4) is 17.1 Å². The summed E-state index contributed by atoms with van der Waals surface area (Å²) >= 11 is 0. The standard InChI is InChI=1S/C9H11N9O/c10-8(11)14-9(12)13-5-3-4(1-2-6(5)19)7-15-17-18-16-7/h1-3,19H,(H,15,16,17,18)(H6,10,11,12,13,14). The van der Waals surface area contributed by atoms with Crippen molar-refractivity contribution in [1.29, 1.82) is 0 Å². The second kappa shape index (κ2) is 5.00. The fraction of sp³-hybridized carbons (Fsp3) is 0. The number of H-pyrrole nitrogens is 1. The summed E-state index contributed by atoms with van der Waals surface area (Å²) < 4.78 is 0. The van der Waals surface area contributed by atoms with Gasteiger partial charge in [-0.1, -0.05) is 0 Å². The summed E-state index contributed by atoms with van der Waals surface area (Å²) in [6.07, 6.45) is 0. The monoisotopic (exact) mass is 261 g/mol. The first-order valence-corrected chi connectivity index (χ1v) is 5.07. The van der Waals surface area contributed by atoms with Gasteiger partial charge >= 0.3 is 0 Å². The molecule has 1 aromatic carbocycles. The van der Waals surface area contributed by atoms with Crippen molar-refractivity contribution in [2.75, 3.05) is 0 Å². The van der Waals surface area contributed by atoms with Gasteiger partial charge in [-0.15, -0.1) is 10.2 Å². The Morgan fingerprint density at radius 2 is 2.05 bits per heavy atom. The molecule has 98 valence electrons. The first-order chi connectivity index (χ1) is 9.06. The lowest BCUT2D eigenvalue weighted by Gasteiger charge is -2.01. The zero-order chi connectivity index (χ0) is 13.8. The van der Waals surface area contributed by atoms with E-state index in [1.54, 1.807) is 6.07 Å². The smallest absolute Gasteiger partial charge is 0.223 e. The summed E-state index contributed by atoms with van der Waals surface area (Å²) in [5.41, 5.74) is 16.6. The van der Waals surface area contributed by atoms with Crippen molar-refractivity contribution in [2.45, 2.75) is 0 Å². The molecule has 0 radical (unpaired) electrons. The minimum Gasteiger partial charge on any atom is -0.506 e. The molecule has 2 aromatic rings. The van der Waals surface area contributed by atoms with Crippen LogP contribution in [0, 0.1) is 0 Å². The number of aromatic amines is 1. The highest BCUT2D eigenvalue weighted by Crippen LogP contribution is 2.30. The minimum atomic E-state index is -0.227. The number of hydrogen-bond donors (Lipinski definition) is 5. The SMILES string of the molecule is NC(N)=NC(N)=Nc1cc(-c2nn[nH]n2)ccc1O. The van der Waals surface area contributed by atoms with Crippen LogP contribution in [0.3, 0.4) is 0 Å². The Bertz CT molecular complexity index is 627. The van der Waals surface area contributed by atoms with Gasteiger partial charge in [-0.25, -0.2) is 4.99 Å². The van der Waals surface area contributed by atoms with E-state index >= 15 is 0 Å². The highest BCUT2D eigenvalue weighted by atomic mass is 16.3. The molecule has 1 heterocycles. The lowest BCUT2D eigenvalue weighted by Crippen LogP contribution is -2.26. The number of aliphatic imine (C=N–C) groups is 2. The largest absolute Gasteiger partial charge is 0.506 e. The number of guanidine groups is 2. The maximum atomic E-state index is 9.68. The van der Waals surface area contributed by atoms with Crippen LogP contribution < -0.4 is 17.2 Å². The van der Waals surface area contributed by atoms with Crippen LogP contribution in [0.5, 0.6) is 5.75 Å². The number of aromatic nitrogens is 4. The van der Waals surface area contributed by atoms with E-state index < -0.39 is 0 Å². The number of nitrogens with zero attached hydrogens (tertiary/aromatic N) is 5. The maximum Gasteiger partial charge on any atom is 0.223 e. The number of nitrogens with two attached hydrogens (primary N) is 3. The highest BCUT2D eigenvalue weighted by Gasteiger charge is 2.07. The van der Waals surface area contributed by atoms with Gasteiger partial charge in [0.05, 0.1) is 0 Å². The third-order valence-corrected chi connectivity index (χ3v) is 2.06. The fourth-order valence-electron chi connectivity index (χ4n) is 1.32. The summed E-state index contributed by atoms with van der Waals surface area (Å²) in [4.78, 5) is 7.43. The van der Waals surface area contributed by atoms with E-state index in [9.17, 15) is 5.11 Å². The second-order valence-electron chi connectivity index (χ2n) is 3.45. The van der Waals surface area contributed by atoms with E-state index in [1.165, 1.54) is 12.1 Å². The molecule has 2 rings (SSSR count). The Kier molecular flexibility index (Phi) is 3.23. The van der Waals surface area contributed by atoms with Crippen LogP contribution >= 0.6 is 0 Å². The number of phenols is 1. The summed E-state index contributed by atoms with van der Waals surface area (Å²) in [6, 6.07) is 4.55. The summed E-state index contributed by atoms with van der Waals surface area (Å²) in [5, 5.41) is 23.1. The molecule has 0 saturated heterocycles. The molecule has 1 aromatic heterocycles. The van der Waals surface area contributed by atoms with Crippen molar-refractivity contribution in [3.05, 3.63) is 18.2 Å². The van der Waals surface area contributed by atoms with E-state index in [1.807, 2.05) is 0 Å². The molecule has 19 heavy (non-hydrogen) atoms.